The summed E-state index contributed by atoms with van der Waals surface area (Å²) in [5.74, 6) is -1.14. The van der Waals surface area contributed by atoms with Crippen molar-refractivity contribution in [3.05, 3.63) is 35.6 Å². The molecule has 1 aromatic carbocycles. The number of carboxylic acid groups (broad SMARTS) is 1. The number of hydrogen-bond acceptors (Lipinski definition) is 4. The maximum Gasteiger partial charge on any atom is 0.317 e. The quantitative estimate of drug-likeness (QED) is 0.803. The van der Waals surface area contributed by atoms with Crippen LogP contribution in [0.25, 0.3) is 0 Å². The van der Waals surface area contributed by atoms with E-state index < -0.39 is 5.97 Å². The Bertz CT molecular complexity index is 564. The molecule has 6 nitrogen and oxygen atoms in total. The van der Waals surface area contributed by atoms with Gasteiger partial charge in [0.05, 0.1) is 19.3 Å². The van der Waals surface area contributed by atoms with Gasteiger partial charge in [-0.2, -0.15) is 0 Å². The molecule has 7 heteroatoms. The standard InChI is InChI=1S/C17H23FN2O4/c1-19(12-17(22)23)10-15-11-20(8-9-24-15)16(21)7-4-13-2-5-14(18)6-3-13/h2-3,5-6,15H,4,7-12H2,1H3,(H,22,23). The first kappa shape index (κ1) is 18.4. The van der Waals surface area contributed by atoms with Crippen LogP contribution in [0.15, 0.2) is 24.3 Å². The minimum Gasteiger partial charge on any atom is -0.480 e. The van der Waals surface area contributed by atoms with Crippen LogP contribution in [0.4, 0.5) is 4.39 Å². The lowest BCUT2D eigenvalue weighted by Crippen LogP contribution is -2.49. The molecule has 2 rings (SSSR count). The van der Waals surface area contributed by atoms with Gasteiger partial charge in [-0.3, -0.25) is 14.5 Å². The van der Waals surface area contributed by atoms with Crippen LogP contribution in [0, 0.1) is 5.82 Å². The summed E-state index contributed by atoms with van der Waals surface area (Å²) in [5, 5.41) is 8.78. The molecule has 1 unspecified atom stereocenters. The first-order valence-electron chi connectivity index (χ1n) is 7.98. The van der Waals surface area contributed by atoms with Crippen molar-refractivity contribution in [1.29, 1.82) is 0 Å². The SMILES string of the molecule is CN(CC(=O)O)CC1CN(C(=O)CCc2ccc(F)cc2)CCO1. The molecule has 132 valence electrons. The predicted octanol–water partition coefficient (Wildman–Crippen LogP) is 1.00. The number of likely N-dealkylation sites (N-methyl/N-ethyl adjacent to an activating group) is 1. The van der Waals surface area contributed by atoms with E-state index in [4.69, 9.17) is 9.84 Å². The minimum atomic E-state index is -0.888. The molecule has 1 atom stereocenters. The zero-order valence-electron chi connectivity index (χ0n) is 13.8. The van der Waals surface area contributed by atoms with E-state index in [1.165, 1.54) is 12.1 Å². The van der Waals surface area contributed by atoms with Crippen LogP contribution in [-0.2, 0) is 20.7 Å². The highest BCUT2D eigenvalue weighted by atomic mass is 19.1. The fourth-order valence-corrected chi connectivity index (χ4v) is 2.76. The monoisotopic (exact) mass is 338 g/mol. The van der Waals surface area contributed by atoms with Crippen molar-refractivity contribution in [1.82, 2.24) is 9.80 Å². The number of amides is 1. The molecule has 24 heavy (non-hydrogen) atoms. The lowest BCUT2D eigenvalue weighted by Gasteiger charge is -2.34. The van der Waals surface area contributed by atoms with E-state index in [-0.39, 0.29) is 24.4 Å². The number of benzene rings is 1. The summed E-state index contributed by atoms with van der Waals surface area (Å²) in [6.45, 7) is 1.87. The van der Waals surface area contributed by atoms with Crippen molar-refractivity contribution >= 4 is 11.9 Å². The van der Waals surface area contributed by atoms with Gasteiger partial charge in [0, 0.05) is 26.1 Å². The van der Waals surface area contributed by atoms with Gasteiger partial charge >= 0.3 is 5.97 Å². The number of aliphatic carboxylic acids is 1. The number of morpholine rings is 1. The smallest absolute Gasteiger partial charge is 0.317 e. The minimum absolute atomic E-state index is 0.0357. The molecule has 1 N–H and O–H groups in total. The van der Waals surface area contributed by atoms with Gasteiger partial charge in [0.1, 0.15) is 5.82 Å². The second kappa shape index (κ2) is 8.75. The first-order chi connectivity index (χ1) is 11.4. The Balaban J connectivity index is 1.79. The summed E-state index contributed by atoms with van der Waals surface area (Å²) in [6.07, 6.45) is 0.751. The molecule has 0 bridgehead atoms. The van der Waals surface area contributed by atoms with E-state index in [1.807, 2.05) is 0 Å². The van der Waals surface area contributed by atoms with Crippen molar-refractivity contribution in [2.75, 3.05) is 39.8 Å². The second-order valence-electron chi connectivity index (χ2n) is 6.05. The van der Waals surface area contributed by atoms with E-state index in [9.17, 15) is 14.0 Å². The van der Waals surface area contributed by atoms with Gasteiger partial charge in [-0.15, -0.1) is 0 Å². The Labute approximate surface area is 140 Å². The van der Waals surface area contributed by atoms with Gasteiger partial charge in [0.15, 0.2) is 0 Å². The third-order valence-electron chi connectivity index (χ3n) is 3.95. The summed E-state index contributed by atoms with van der Waals surface area (Å²) in [6, 6.07) is 6.16. The topological polar surface area (TPSA) is 70.1 Å². The fourth-order valence-electron chi connectivity index (χ4n) is 2.76. The van der Waals surface area contributed by atoms with Crippen LogP contribution in [0.2, 0.25) is 0 Å². The zero-order valence-corrected chi connectivity index (χ0v) is 13.8. The highest BCUT2D eigenvalue weighted by Gasteiger charge is 2.25. The number of hydrogen-bond donors (Lipinski definition) is 1. The number of ether oxygens (including phenoxy) is 1. The van der Waals surface area contributed by atoms with E-state index in [2.05, 4.69) is 0 Å². The molecule has 0 radical (unpaired) electrons. The van der Waals surface area contributed by atoms with E-state index >= 15 is 0 Å². The largest absolute Gasteiger partial charge is 0.480 e. The second-order valence-corrected chi connectivity index (χ2v) is 6.05. The lowest BCUT2D eigenvalue weighted by atomic mass is 10.1. The number of nitrogens with zero attached hydrogens (tertiary/aromatic N) is 2. The van der Waals surface area contributed by atoms with Crippen LogP contribution in [0.3, 0.4) is 0 Å². The Hall–Kier alpha value is -1.99. The molecule has 1 heterocycles. The summed E-state index contributed by atoms with van der Waals surface area (Å²) in [5.41, 5.74) is 0.927. The molecule has 0 aliphatic carbocycles. The van der Waals surface area contributed by atoms with Crippen molar-refractivity contribution in [2.24, 2.45) is 0 Å². The van der Waals surface area contributed by atoms with Gasteiger partial charge in [0.2, 0.25) is 5.91 Å². The maximum absolute atomic E-state index is 12.9. The number of rotatable bonds is 7. The highest BCUT2D eigenvalue weighted by Crippen LogP contribution is 2.11. The van der Waals surface area contributed by atoms with Crippen LogP contribution in [-0.4, -0.2) is 72.7 Å². The fraction of sp³-hybridized carbons (Fsp3) is 0.529. The summed E-state index contributed by atoms with van der Waals surface area (Å²) in [7, 11) is 1.72. The van der Waals surface area contributed by atoms with Crippen LogP contribution in [0.1, 0.15) is 12.0 Å². The Kier molecular flexibility index (Phi) is 6.69. The Morgan fingerprint density at radius 3 is 2.75 bits per heavy atom. The van der Waals surface area contributed by atoms with Gasteiger partial charge in [-0.1, -0.05) is 12.1 Å². The van der Waals surface area contributed by atoms with Gasteiger partial charge < -0.3 is 14.7 Å². The molecule has 0 aromatic heterocycles. The third-order valence-corrected chi connectivity index (χ3v) is 3.95. The molecule has 1 amide bonds. The average molecular weight is 338 g/mol. The first-order valence-corrected chi connectivity index (χ1v) is 7.98. The number of carbonyl (C=O) groups is 2. The molecule has 0 saturated carbocycles. The molecule has 1 aliphatic heterocycles. The van der Waals surface area contributed by atoms with E-state index in [1.54, 1.807) is 29.0 Å². The lowest BCUT2D eigenvalue weighted by molar-refractivity contribution is -0.142. The van der Waals surface area contributed by atoms with Crippen LogP contribution < -0.4 is 0 Å². The number of carbonyl (C=O) groups excluding carboxylic acids is 1. The molecule has 1 aromatic rings. The summed E-state index contributed by atoms with van der Waals surface area (Å²) in [4.78, 5) is 26.5. The maximum atomic E-state index is 12.9. The van der Waals surface area contributed by atoms with Crippen LogP contribution in [0.5, 0.6) is 0 Å². The molecular formula is C17H23FN2O4. The Morgan fingerprint density at radius 1 is 1.38 bits per heavy atom. The molecule has 1 fully saturated rings. The van der Waals surface area contributed by atoms with Gasteiger partial charge in [-0.25, -0.2) is 4.39 Å². The number of carboxylic acids is 1. The molecule has 0 spiro atoms. The highest BCUT2D eigenvalue weighted by molar-refractivity contribution is 5.76. The molecule has 1 saturated heterocycles. The molecular weight excluding hydrogens is 315 g/mol. The van der Waals surface area contributed by atoms with Crippen LogP contribution >= 0.6 is 0 Å². The average Bonchev–Trinajstić information content (AvgIpc) is 2.53. The van der Waals surface area contributed by atoms with E-state index in [0.29, 0.717) is 39.1 Å². The van der Waals surface area contributed by atoms with Crippen molar-refractivity contribution in [3.8, 4) is 0 Å². The Morgan fingerprint density at radius 2 is 2.08 bits per heavy atom. The van der Waals surface area contributed by atoms with E-state index in [0.717, 1.165) is 5.56 Å². The van der Waals surface area contributed by atoms with Crippen molar-refractivity contribution in [2.45, 2.75) is 18.9 Å². The van der Waals surface area contributed by atoms with Crippen molar-refractivity contribution < 1.29 is 23.8 Å². The number of aryl methyl sites for hydroxylation is 1. The summed E-state index contributed by atoms with van der Waals surface area (Å²) < 4.78 is 18.5. The summed E-state index contributed by atoms with van der Waals surface area (Å²) >= 11 is 0. The normalized spacial score (nSPS) is 18.0. The number of halogens is 1. The molecule has 1 aliphatic rings. The zero-order chi connectivity index (χ0) is 17.5. The van der Waals surface area contributed by atoms with Gasteiger partial charge in [-0.05, 0) is 31.2 Å². The third kappa shape index (κ3) is 5.90. The van der Waals surface area contributed by atoms with Gasteiger partial charge in [0.25, 0.3) is 0 Å². The van der Waals surface area contributed by atoms with Crippen molar-refractivity contribution in [3.63, 3.8) is 0 Å². The predicted molar refractivity (Wildman–Crippen MR) is 86.2 cm³/mol.